The molecule has 2 aliphatic rings. The second kappa shape index (κ2) is 5.84. The van der Waals surface area contributed by atoms with Crippen LogP contribution in [0.4, 0.5) is 0 Å². The first-order chi connectivity index (χ1) is 9.72. The zero-order valence-corrected chi connectivity index (χ0v) is 12.6. The summed E-state index contributed by atoms with van der Waals surface area (Å²) in [6, 6.07) is 9.22. The third-order valence-electron chi connectivity index (χ3n) is 5.12. The molecule has 20 heavy (non-hydrogen) atoms. The summed E-state index contributed by atoms with van der Waals surface area (Å²) in [6.07, 6.45) is 3.70. The standard InChI is InChI=1S/C17H27N3/c1-19-10-12-20(13-11-19)9-6-15-2-4-16(5-3-15)17(14-18)7-8-17/h2-5H,6-14,18H2,1H3. The molecule has 0 unspecified atom stereocenters. The molecule has 0 aromatic heterocycles. The van der Waals surface area contributed by atoms with Crippen molar-refractivity contribution in [3.8, 4) is 0 Å². The Hall–Kier alpha value is -0.900. The topological polar surface area (TPSA) is 32.5 Å². The maximum atomic E-state index is 5.90. The lowest BCUT2D eigenvalue weighted by molar-refractivity contribution is 0.155. The van der Waals surface area contributed by atoms with Crippen LogP contribution in [-0.2, 0) is 11.8 Å². The van der Waals surface area contributed by atoms with Crippen LogP contribution >= 0.6 is 0 Å². The highest BCUT2D eigenvalue weighted by molar-refractivity contribution is 5.34. The molecule has 2 fully saturated rings. The molecular weight excluding hydrogens is 246 g/mol. The average Bonchev–Trinajstić information content (AvgIpc) is 3.28. The van der Waals surface area contributed by atoms with E-state index in [2.05, 4.69) is 41.1 Å². The largest absolute Gasteiger partial charge is 0.330 e. The van der Waals surface area contributed by atoms with Crippen LogP contribution in [0.1, 0.15) is 24.0 Å². The summed E-state index contributed by atoms with van der Waals surface area (Å²) in [4.78, 5) is 4.99. The smallest absolute Gasteiger partial charge is 0.0110 e. The third kappa shape index (κ3) is 3.05. The Morgan fingerprint density at radius 1 is 1.05 bits per heavy atom. The predicted octanol–water partition coefficient (Wildman–Crippen LogP) is 1.47. The van der Waals surface area contributed by atoms with Crippen molar-refractivity contribution in [1.29, 1.82) is 0 Å². The Bertz CT molecular complexity index is 428. The van der Waals surface area contributed by atoms with E-state index in [0.29, 0.717) is 5.41 Å². The van der Waals surface area contributed by atoms with Gasteiger partial charge in [-0.25, -0.2) is 0 Å². The lowest BCUT2D eigenvalue weighted by atomic mass is 9.95. The molecule has 1 aromatic carbocycles. The molecule has 1 aromatic rings. The van der Waals surface area contributed by atoms with Crippen LogP contribution in [0.2, 0.25) is 0 Å². The molecule has 110 valence electrons. The van der Waals surface area contributed by atoms with E-state index in [1.165, 1.54) is 63.1 Å². The van der Waals surface area contributed by atoms with Crippen molar-refractivity contribution >= 4 is 0 Å². The zero-order valence-electron chi connectivity index (χ0n) is 12.6. The summed E-state index contributed by atoms with van der Waals surface area (Å²) >= 11 is 0. The average molecular weight is 273 g/mol. The number of likely N-dealkylation sites (N-methyl/N-ethyl adjacent to an activating group) is 1. The van der Waals surface area contributed by atoms with Crippen LogP contribution < -0.4 is 5.73 Å². The zero-order chi connectivity index (χ0) is 14.0. The molecule has 0 atom stereocenters. The molecule has 3 rings (SSSR count). The minimum absolute atomic E-state index is 0.329. The number of rotatable bonds is 5. The Labute approximate surface area is 122 Å². The number of nitrogens with two attached hydrogens (primary N) is 1. The summed E-state index contributed by atoms with van der Waals surface area (Å²) in [5.41, 5.74) is 9.13. The highest BCUT2D eigenvalue weighted by Crippen LogP contribution is 2.47. The van der Waals surface area contributed by atoms with E-state index in [9.17, 15) is 0 Å². The van der Waals surface area contributed by atoms with Gasteiger partial charge in [-0.05, 0) is 37.4 Å². The maximum absolute atomic E-state index is 5.90. The van der Waals surface area contributed by atoms with Gasteiger partial charge in [0, 0.05) is 44.7 Å². The SMILES string of the molecule is CN1CCN(CCc2ccc(C3(CN)CC3)cc2)CC1. The second-order valence-corrected chi connectivity index (χ2v) is 6.58. The van der Waals surface area contributed by atoms with E-state index < -0.39 is 0 Å². The summed E-state index contributed by atoms with van der Waals surface area (Å²) in [7, 11) is 2.21. The van der Waals surface area contributed by atoms with Crippen LogP contribution in [0.25, 0.3) is 0 Å². The van der Waals surface area contributed by atoms with E-state index in [-0.39, 0.29) is 0 Å². The van der Waals surface area contributed by atoms with Crippen LogP contribution in [0.5, 0.6) is 0 Å². The molecule has 3 heteroatoms. The van der Waals surface area contributed by atoms with Crippen molar-refractivity contribution < 1.29 is 0 Å². The van der Waals surface area contributed by atoms with E-state index in [0.717, 1.165) is 6.54 Å². The first-order valence-corrected chi connectivity index (χ1v) is 7.92. The fourth-order valence-corrected chi connectivity index (χ4v) is 3.15. The van der Waals surface area contributed by atoms with Crippen molar-refractivity contribution in [2.45, 2.75) is 24.7 Å². The molecular formula is C17H27N3. The van der Waals surface area contributed by atoms with Crippen molar-refractivity contribution in [2.24, 2.45) is 5.73 Å². The maximum Gasteiger partial charge on any atom is 0.0110 e. The lowest BCUT2D eigenvalue weighted by Gasteiger charge is -2.32. The highest BCUT2D eigenvalue weighted by Gasteiger charge is 2.42. The summed E-state index contributed by atoms with van der Waals surface area (Å²) in [5, 5.41) is 0. The van der Waals surface area contributed by atoms with Crippen molar-refractivity contribution in [3.05, 3.63) is 35.4 Å². The number of hydrogen-bond donors (Lipinski definition) is 1. The molecule has 0 bridgehead atoms. The molecule has 1 saturated carbocycles. The van der Waals surface area contributed by atoms with Gasteiger partial charge in [0.2, 0.25) is 0 Å². The van der Waals surface area contributed by atoms with Gasteiger partial charge in [-0.3, -0.25) is 0 Å². The summed E-state index contributed by atoms with van der Waals surface area (Å²) in [5.74, 6) is 0. The Balaban J connectivity index is 1.51. The highest BCUT2D eigenvalue weighted by atomic mass is 15.2. The number of benzene rings is 1. The number of piperazine rings is 1. The molecule has 1 aliphatic carbocycles. The van der Waals surface area contributed by atoms with Gasteiger partial charge in [0.05, 0.1) is 0 Å². The minimum atomic E-state index is 0.329. The van der Waals surface area contributed by atoms with Crippen LogP contribution in [0, 0.1) is 0 Å². The minimum Gasteiger partial charge on any atom is -0.330 e. The Kier molecular flexibility index (Phi) is 4.11. The van der Waals surface area contributed by atoms with E-state index in [1.807, 2.05) is 0 Å². The van der Waals surface area contributed by atoms with Crippen molar-refractivity contribution in [3.63, 3.8) is 0 Å². The van der Waals surface area contributed by atoms with E-state index in [1.54, 1.807) is 0 Å². The lowest BCUT2D eigenvalue weighted by Crippen LogP contribution is -2.45. The Morgan fingerprint density at radius 3 is 2.25 bits per heavy atom. The first-order valence-electron chi connectivity index (χ1n) is 7.92. The molecule has 3 nitrogen and oxygen atoms in total. The van der Waals surface area contributed by atoms with E-state index >= 15 is 0 Å². The van der Waals surface area contributed by atoms with Crippen molar-refractivity contribution in [2.75, 3.05) is 46.3 Å². The molecule has 1 aliphatic heterocycles. The molecule has 0 spiro atoms. The van der Waals surface area contributed by atoms with Gasteiger partial charge in [-0.15, -0.1) is 0 Å². The first kappa shape index (κ1) is 14.1. The molecule has 1 heterocycles. The predicted molar refractivity (Wildman–Crippen MR) is 84.0 cm³/mol. The number of hydrogen-bond acceptors (Lipinski definition) is 3. The summed E-state index contributed by atoms with van der Waals surface area (Å²) < 4.78 is 0. The fourth-order valence-electron chi connectivity index (χ4n) is 3.15. The van der Waals surface area contributed by atoms with Crippen LogP contribution in [-0.4, -0.2) is 56.1 Å². The van der Waals surface area contributed by atoms with Gasteiger partial charge in [-0.1, -0.05) is 24.3 Å². The van der Waals surface area contributed by atoms with Crippen LogP contribution in [0.15, 0.2) is 24.3 Å². The quantitative estimate of drug-likeness (QED) is 0.882. The van der Waals surface area contributed by atoms with Crippen molar-refractivity contribution in [1.82, 2.24) is 9.80 Å². The van der Waals surface area contributed by atoms with Gasteiger partial charge in [0.25, 0.3) is 0 Å². The molecule has 0 radical (unpaired) electrons. The Morgan fingerprint density at radius 2 is 1.70 bits per heavy atom. The normalized spacial score (nSPS) is 22.9. The third-order valence-corrected chi connectivity index (χ3v) is 5.12. The van der Waals surface area contributed by atoms with Gasteiger partial charge in [0.1, 0.15) is 0 Å². The number of nitrogens with zero attached hydrogens (tertiary/aromatic N) is 2. The fraction of sp³-hybridized carbons (Fsp3) is 0.647. The van der Waals surface area contributed by atoms with E-state index in [4.69, 9.17) is 5.73 Å². The monoisotopic (exact) mass is 273 g/mol. The molecule has 1 saturated heterocycles. The van der Waals surface area contributed by atoms with Gasteiger partial charge in [0.15, 0.2) is 0 Å². The van der Waals surface area contributed by atoms with Gasteiger partial charge >= 0.3 is 0 Å². The molecule has 2 N–H and O–H groups in total. The van der Waals surface area contributed by atoms with Gasteiger partial charge < -0.3 is 15.5 Å². The van der Waals surface area contributed by atoms with Gasteiger partial charge in [-0.2, -0.15) is 0 Å². The van der Waals surface area contributed by atoms with Crippen LogP contribution in [0.3, 0.4) is 0 Å². The molecule has 0 amide bonds. The second-order valence-electron chi connectivity index (χ2n) is 6.58. The summed E-state index contributed by atoms with van der Waals surface area (Å²) in [6.45, 7) is 6.83.